The van der Waals surface area contributed by atoms with Crippen LogP contribution < -0.4 is 15.1 Å². The molecule has 0 aliphatic carbocycles. The van der Waals surface area contributed by atoms with Crippen LogP contribution in [0.1, 0.15) is 46.9 Å². The molecule has 0 radical (unpaired) electrons. The number of amides is 1. The summed E-state index contributed by atoms with van der Waals surface area (Å²) in [7, 11) is 0. The number of anilines is 2. The molecule has 1 atom stereocenters. The Bertz CT molecular complexity index is 1320. The number of benzene rings is 2. The van der Waals surface area contributed by atoms with Gasteiger partial charge in [-0.3, -0.25) is 4.79 Å². The lowest BCUT2D eigenvalue weighted by molar-refractivity contribution is -0.137. The van der Waals surface area contributed by atoms with E-state index in [9.17, 15) is 18.0 Å². The van der Waals surface area contributed by atoms with Crippen LogP contribution >= 0.6 is 11.8 Å². The number of aryl methyl sites for hydroxylation is 1. The molecule has 2 aliphatic rings. The van der Waals surface area contributed by atoms with Gasteiger partial charge in [-0.05, 0) is 55.2 Å². The van der Waals surface area contributed by atoms with Crippen LogP contribution in [0.2, 0.25) is 0 Å². The Morgan fingerprint density at radius 2 is 1.80 bits per heavy atom. The summed E-state index contributed by atoms with van der Waals surface area (Å²) in [5, 5.41) is 3.63. The minimum atomic E-state index is -4.36. The molecular weight excluding hydrogens is 551 g/mol. The standard InChI is InChI=1S/C30H34F3N5O2S/c1-2-24-18-27(38-14-12-37(13-15-38)25-6-3-5-23(17-25)30(31,32)33)36-29(35-24)41-20-21-8-10-22(11-9-21)28(39)34-19-26-7-4-16-40-26/h3,5-6,8-11,17-18,26H,2,4,7,12-16,19-20H2,1H3,(H,34,39)/t26-/m1/s1. The smallest absolute Gasteiger partial charge is 0.376 e. The number of nitrogens with one attached hydrogen (secondary N) is 1. The molecule has 218 valence electrons. The molecular formula is C30H34F3N5O2S. The largest absolute Gasteiger partial charge is 0.416 e. The molecule has 0 unspecified atom stereocenters. The Morgan fingerprint density at radius 1 is 1.05 bits per heavy atom. The number of halogens is 3. The van der Waals surface area contributed by atoms with Crippen molar-refractivity contribution in [2.75, 3.05) is 49.1 Å². The van der Waals surface area contributed by atoms with Gasteiger partial charge >= 0.3 is 6.18 Å². The minimum absolute atomic E-state index is 0.100. The van der Waals surface area contributed by atoms with E-state index in [1.807, 2.05) is 35.2 Å². The molecule has 2 saturated heterocycles. The molecule has 0 saturated carbocycles. The van der Waals surface area contributed by atoms with E-state index in [4.69, 9.17) is 14.7 Å². The van der Waals surface area contributed by atoms with Crippen molar-refractivity contribution in [3.63, 3.8) is 0 Å². The Hall–Kier alpha value is -3.31. The number of hydrogen-bond acceptors (Lipinski definition) is 7. The average molecular weight is 586 g/mol. The SMILES string of the molecule is CCc1cc(N2CCN(c3cccc(C(F)(F)F)c3)CC2)nc(SCc2ccc(C(=O)NC[C@H]3CCCO3)cc2)n1. The Morgan fingerprint density at radius 3 is 2.49 bits per heavy atom. The van der Waals surface area contributed by atoms with Crippen molar-refractivity contribution in [3.8, 4) is 0 Å². The topological polar surface area (TPSA) is 70.6 Å². The van der Waals surface area contributed by atoms with Gasteiger partial charge in [0.1, 0.15) is 5.82 Å². The van der Waals surface area contributed by atoms with Crippen LogP contribution in [0.4, 0.5) is 24.7 Å². The zero-order valence-electron chi connectivity index (χ0n) is 23.0. The predicted octanol–water partition coefficient (Wildman–Crippen LogP) is 5.59. The van der Waals surface area contributed by atoms with E-state index in [2.05, 4.69) is 17.1 Å². The number of alkyl halides is 3. The third-order valence-electron chi connectivity index (χ3n) is 7.35. The van der Waals surface area contributed by atoms with Gasteiger partial charge in [0.2, 0.25) is 0 Å². The van der Waals surface area contributed by atoms with Crippen LogP contribution in [-0.2, 0) is 23.1 Å². The maximum absolute atomic E-state index is 13.2. The summed E-state index contributed by atoms with van der Waals surface area (Å²) in [6.45, 7) is 5.84. The van der Waals surface area contributed by atoms with Gasteiger partial charge < -0.3 is 19.9 Å². The molecule has 0 spiro atoms. The highest BCUT2D eigenvalue weighted by atomic mass is 32.2. The zero-order chi connectivity index (χ0) is 28.8. The van der Waals surface area contributed by atoms with Gasteiger partial charge in [-0.1, -0.05) is 36.9 Å². The van der Waals surface area contributed by atoms with E-state index in [1.165, 1.54) is 12.1 Å². The van der Waals surface area contributed by atoms with Crippen molar-refractivity contribution < 1.29 is 22.7 Å². The summed E-state index contributed by atoms with van der Waals surface area (Å²) >= 11 is 1.54. The molecule has 0 bridgehead atoms. The van der Waals surface area contributed by atoms with Crippen molar-refractivity contribution in [1.82, 2.24) is 15.3 Å². The van der Waals surface area contributed by atoms with Crippen LogP contribution in [0.3, 0.4) is 0 Å². The Labute approximate surface area is 242 Å². The number of nitrogens with zero attached hydrogens (tertiary/aromatic N) is 4. The van der Waals surface area contributed by atoms with Crippen molar-refractivity contribution in [3.05, 3.63) is 77.0 Å². The molecule has 7 nitrogen and oxygen atoms in total. The van der Waals surface area contributed by atoms with Crippen molar-refractivity contribution in [2.24, 2.45) is 0 Å². The van der Waals surface area contributed by atoms with Crippen LogP contribution in [-0.4, -0.2) is 61.3 Å². The van der Waals surface area contributed by atoms with Crippen molar-refractivity contribution in [2.45, 2.75) is 49.4 Å². The molecule has 2 fully saturated rings. The van der Waals surface area contributed by atoms with Gasteiger partial charge in [0, 0.05) is 68.1 Å². The first-order valence-electron chi connectivity index (χ1n) is 13.9. The number of piperazine rings is 1. The Kier molecular flexibility index (Phi) is 9.34. The molecule has 1 aromatic heterocycles. The van der Waals surface area contributed by atoms with Crippen molar-refractivity contribution >= 4 is 29.2 Å². The summed E-state index contributed by atoms with van der Waals surface area (Å²) in [6, 6.07) is 15.1. The predicted molar refractivity (Wildman–Crippen MR) is 155 cm³/mol. The first-order valence-corrected chi connectivity index (χ1v) is 14.9. The molecule has 5 rings (SSSR count). The average Bonchev–Trinajstić information content (AvgIpc) is 3.52. The normalized spacial score (nSPS) is 17.6. The van der Waals surface area contributed by atoms with E-state index < -0.39 is 11.7 Å². The van der Waals surface area contributed by atoms with E-state index in [-0.39, 0.29) is 12.0 Å². The van der Waals surface area contributed by atoms with Gasteiger partial charge in [0.15, 0.2) is 5.16 Å². The second-order valence-electron chi connectivity index (χ2n) is 10.2. The van der Waals surface area contributed by atoms with Crippen molar-refractivity contribution in [1.29, 1.82) is 0 Å². The molecule has 2 aliphatic heterocycles. The number of rotatable bonds is 9. The van der Waals surface area contributed by atoms with Gasteiger partial charge in [-0.2, -0.15) is 13.2 Å². The van der Waals surface area contributed by atoms with Gasteiger partial charge in [-0.15, -0.1) is 0 Å². The molecule has 3 heterocycles. The van der Waals surface area contributed by atoms with Crippen LogP contribution in [0, 0.1) is 0 Å². The van der Waals surface area contributed by atoms with Crippen LogP contribution in [0.25, 0.3) is 0 Å². The van der Waals surface area contributed by atoms with Crippen LogP contribution in [0.5, 0.6) is 0 Å². The minimum Gasteiger partial charge on any atom is -0.376 e. The lowest BCUT2D eigenvalue weighted by Crippen LogP contribution is -2.47. The van der Waals surface area contributed by atoms with Crippen LogP contribution in [0.15, 0.2) is 59.8 Å². The van der Waals surface area contributed by atoms with E-state index in [1.54, 1.807) is 17.8 Å². The fourth-order valence-corrected chi connectivity index (χ4v) is 5.78. The van der Waals surface area contributed by atoms with Gasteiger partial charge in [0.05, 0.1) is 11.7 Å². The third kappa shape index (κ3) is 7.71. The highest BCUT2D eigenvalue weighted by molar-refractivity contribution is 7.98. The maximum Gasteiger partial charge on any atom is 0.416 e. The van der Waals surface area contributed by atoms with E-state index >= 15 is 0 Å². The van der Waals surface area contributed by atoms with Gasteiger partial charge in [0.25, 0.3) is 5.91 Å². The zero-order valence-corrected chi connectivity index (χ0v) is 23.8. The number of hydrogen-bond donors (Lipinski definition) is 1. The molecule has 1 amide bonds. The summed E-state index contributed by atoms with van der Waals surface area (Å²) < 4.78 is 45.1. The second kappa shape index (κ2) is 13.1. The summed E-state index contributed by atoms with van der Waals surface area (Å²) in [6.07, 6.45) is -1.46. The first-order chi connectivity index (χ1) is 19.8. The first kappa shape index (κ1) is 29.2. The second-order valence-corrected chi connectivity index (χ2v) is 11.1. The number of ether oxygens (including phenoxy) is 1. The summed E-state index contributed by atoms with van der Waals surface area (Å²) in [5.74, 6) is 1.39. The van der Waals surface area contributed by atoms with E-state index in [0.717, 1.165) is 49.0 Å². The Balaban J connectivity index is 1.17. The maximum atomic E-state index is 13.2. The van der Waals surface area contributed by atoms with Gasteiger partial charge in [-0.25, -0.2) is 9.97 Å². The molecule has 11 heteroatoms. The molecule has 3 aromatic rings. The quantitative estimate of drug-likeness (QED) is 0.260. The fourth-order valence-electron chi connectivity index (χ4n) is 4.95. The molecule has 1 N–H and O–H groups in total. The number of carbonyl (C=O) groups is 1. The highest BCUT2D eigenvalue weighted by Gasteiger charge is 2.31. The number of aromatic nitrogens is 2. The fraction of sp³-hybridized carbons (Fsp3) is 0.433. The summed E-state index contributed by atoms with van der Waals surface area (Å²) in [4.78, 5) is 26.1. The number of carbonyl (C=O) groups excluding carboxylic acids is 1. The molecule has 2 aromatic carbocycles. The summed E-state index contributed by atoms with van der Waals surface area (Å²) in [5.41, 5.74) is 2.57. The third-order valence-corrected chi connectivity index (χ3v) is 8.27. The highest BCUT2D eigenvalue weighted by Crippen LogP contribution is 2.32. The molecule has 41 heavy (non-hydrogen) atoms. The lowest BCUT2D eigenvalue weighted by Gasteiger charge is -2.37. The van der Waals surface area contributed by atoms with E-state index in [0.29, 0.717) is 54.9 Å². The monoisotopic (exact) mass is 585 g/mol. The number of thioether (sulfide) groups is 1. The lowest BCUT2D eigenvalue weighted by atomic mass is 10.1.